The molecule has 7 heteroatoms. The number of nitrogens with one attached hydrogen (secondary N) is 2. The molecule has 0 bridgehead atoms. The van der Waals surface area contributed by atoms with Crippen molar-refractivity contribution < 1.29 is 13.5 Å². The van der Waals surface area contributed by atoms with Gasteiger partial charge < -0.3 is 20.3 Å². The molecule has 1 unspecified atom stereocenters. The Labute approximate surface area is 117 Å². The summed E-state index contributed by atoms with van der Waals surface area (Å²) in [5.41, 5.74) is 0. The van der Waals surface area contributed by atoms with Gasteiger partial charge in [-0.25, -0.2) is 13.8 Å². The molecule has 5 nitrogen and oxygen atoms in total. The van der Waals surface area contributed by atoms with E-state index in [0.717, 1.165) is 19.2 Å². The van der Waals surface area contributed by atoms with Gasteiger partial charge in [0, 0.05) is 32.2 Å². The van der Waals surface area contributed by atoms with E-state index in [1.165, 1.54) is 0 Å². The third-order valence-electron chi connectivity index (χ3n) is 3.11. The minimum Gasteiger partial charge on any atom is -0.374 e. The van der Waals surface area contributed by atoms with E-state index in [1.54, 1.807) is 0 Å². The Morgan fingerprint density at radius 2 is 2.05 bits per heavy atom. The van der Waals surface area contributed by atoms with Crippen molar-refractivity contribution in [2.45, 2.75) is 13.0 Å². The molecule has 1 aromatic rings. The smallest absolute Gasteiger partial charge is 0.168 e. The van der Waals surface area contributed by atoms with E-state index in [9.17, 15) is 8.78 Å². The Morgan fingerprint density at radius 3 is 2.70 bits per heavy atom. The van der Waals surface area contributed by atoms with Crippen molar-refractivity contribution in [1.82, 2.24) is 9.88 Å². The fourth-order valence-electron chi connectivity index (χ4n) is 2.08. The largest absolute Gasteiger partial charge is 0.374 e. The summed E-state index contributed by atoms with van der Waals surface area (Å²) in [6, 6.07) is 0.835. The predicted molar refractivity (Wildman–Crippen MR) is 74.0 cm³/mol. The molecule has 1 aromatic heterocycles. The summed E-state index contributed by atoms with van der Waals surface area (Å²) in [4.78, 5) is 6.07. The van der Waals surface area contributed by atoms with Crippen molar-refractivity contribution in [1.29, 1.82) is 0 Å². The Balaban J connectivity index is 1.99. The van der Waals surface area contributed by atoms with E-state index in [-0.39, 0.29) is 17.7 Å². The van der Waals surface area contributed by atoms with Crippen LogP contribution in [0.25, 0.3) is 0 Å². The second kappa shape index (κ2) is 6.81. The first kappa shape index (κ1) is 14.9. The van der Waals surface area contributed by atoms with Gasteiger partial charge in [-0.15, -0.1) is 0 Å². The Kier molecular flexibility index (Phi) is 5.08. The van der Waals surface area contributed by atoms with E-state index in [0.29, 0.717) is 19.7 Å². The molecule has 20 heavy (non-hydrogen) atoms. The normalized spacial score (nSPS) is 19.9. The van der Waals surface area contributed by atoms with Gasteiger partial charge in [0.1, 0.15) is 0 Å². The van der Waals surface area contributed by atoms with Crippen LogP contribution < -0.4 is 10.6 Å². The van der Waals surface area contributed by atoms with Gasteiger partial charge in [0.05, 0.1) is 12.7 Å². The van der Waals surface area contributed by atoms with Gasteiger partial charge >= 0.3 is 0 Å². The summed E-state index contributed by atoms with van der Waals surface area (Å²) in [5.74, 6) is -1.30. The fourth-order valence-corrected chi connectivity index (χ4v) is 2.08. The molecule has 1 aliphatic heterocycles. The van der Waals surface area contributed by atoms with Gasteiger partial charge in [-0.1, -0.05) is 0 Å². The van der Waals surface area contributed by atoms with Crippen LogP contribution in [-0.4, -0.2) is 55.8 Å². The first-order valence-corrected chi connectivity index (χ1v) is 6.74. The number of rotatable bonds is 5. The Morgan fingerprint density at radius 1 is 1.35 bits per heavy atom. The number of halogens is 2. The molecular weight excluding hydrogens is 266 g/mol. The van der Waals surface area contributed by atoms with E-state index in [2.05, 4.69) is 20.5 Å². The van der Waals surface area contributed by atoms with Crippen LogP contribution in [0.1, 0.15) is 6.92 Å². The second-order valence-electron chi connectivity index (χ2n) is 4.82. The van der Waals surface area contributed by atoms with Crippen molar-refractivity contribution in [3.8, 4) is 0 Å². The lowest BCUT2D eigenvalue weighted by atomic mass is 10.3. The number of hydrogen-bond donors (Lipinski definition) is 2. The molecular formula is C13H20F2N4O. The second-order valence-corrected chi connectivity index (χ2v) is 4.82. The molecule has 112 valence electrons. The minimum absolute atomic E-state index is 0.0254. The summed E-state index contributed by atoms with van der Waals surface area (Å²) in [6.45, 7) is 5.10. The molecule has 0 spiro atoms. The SMILES string of the molecule is CCNc1nc(NCC2CN(C)CCO2)c(F)cc1F. The van der Waals surface area contributed by atoms with E-state index in [4.69, 9.17) is 4.74 Å². The van der Waals surface area contributed by atoms with Crippen LogP contribution in [-0.2, 0) is 4.74 Å². The predicted octanol–water partition coefficient (Wildman–Crippen LogP) is 1.53. The van der Waals surface area contributed by atoms with E-state index in [1.807, 2.05) is 14.0 Å². The maximum atomic E-state index is 13.7. The Hall–Kier alpha value is -1.47. The molecule has 0 aromatic carbocycles. The van der Waals surface area contributed by atoms with Crippen LogP contribution in [0.3, 0.4) is 0 Å². The number of aromatic nitrogens is 1. The molecule has 1 aliphatic rings. The topological polar surface area (TPSA) is 49.4 Å². The maximum absolute atomic E-state index is 13.7. The van der Waals surface area contributed by atoms with Crippen LogP contribution in [0.4, 0.5) is 20.4 Å². The third kappa shape index (κ3) is 3.77. The number of ether oxygens (including phenoxy) is 1. The molecule has 2 heterocycles. The molecule has 1 atom stereocenters. The minimum atomic E-state index is -0.701. The van der Waals surface area contributed by atoms with Crippen LogP contribution in [0.2, 0.25) is 0 Å². The number of likely N-dealkylation sites (N-methyl/N-ethyl adjacent to an activating group) is 1. The highest BCUT2D eigenvalue weighted by Gasteiger charge is 2.19. The molecule has 1 saturated heterocycles. The maximum Gasteiger partial charge on any atom is 0.168 e. The first-order valence-electron chi connectivity index (χ1n) is 6.74. The zero-order chi connectivity index (χ0) is 14.5. The third-order valence-corrected chi connectivity index (χ3v) is 3.11. The highest BCUT2D eigenvalue weighted by Crippen LogP contribution is 2.19. The molecule has 0 aliphatic carbocycles. The van der Waals surface area contributed by atoms with Crippen LogP contribution in [0.5, 0.6) is 0 Å². The van der Waals surface area contributed by atoms with Crippen molar-refractivity contribution in [2.24, 2.45) is 0 Å². The van der Waals surface area contributed by atoms with Gasteiger partial charge in [-0.3, -0.25) is 0 Å². The van der Waals surface area contributed by atoms with Gasteiger partial charge in [-0.2, -0.15) is 0 Å². The number of morpholine rings is 1. The number of pyridine rings is 1. The number of anilines is 2. The number of hydrogen-bond acceptors (Lipinski definition) is 5. The summed E-state index contributed by atoms with van der Waals surface area (Å²) in [6.07, 6.45) is -0.0254. The lowest BCUT2D eigenvalue weighted by Gasteiger charge is -2.30. The fraction of sp³-hybridized carbons (Fsp3) is 0.615. The van der Waals surface area contributed by atoms with Crippen LogP contribution in [0.15, 0.2) is 6.07 Å². The molecule has 0 radical (unpaired) electrons. The van der Waals surface area contributed by atoms with Crippen molar-refractivity contribution in [3.63, 3.8) is 0 Å². The van der Waals surface area contributed by atoms with E-state index >= 15 is 0 Å². The van der Waals surface area contributed by atoms with Gasteiger partial charge in [0.15, 0.2) is 23.3 Å². The lowest BCUT2D eigenvalue weighted by molar-refractivity contribution is -0.0117. The molecule has 2 N–H and O–H groups in total. The van der Waals surface area contributed by atoms with Gasteiger partial charge in [0.25, 0.3) is 0 Å². The average Bonchev–Trinajstić information content (AvgIpc) is 2.41. The van der Waals surface area contributed by atoms with Gasteiger partial charge in [-0.05, 0) is 14.0 Å². The van der Waals surface area contributed by atoms with Crippen LogP contribution in [0, 0.1) is 11.6 Å². The zero-order valence-corrected chi connectivity index (χ0v) is 11.7. The Bertz CT molecular complexity index is 458. The summed E-state index contributed by atoms with van der Waals surface area (Å²) < 4.78 is 32.7. The van der Waals surface area contributed by atoms with Crippen molar-refractivity contribution in [2.75, 3.05) is 50.5 Å². The quantitative estimate of drug-likeness (QED) is 0.860. The molecule has 1 fully saturated rings. The van der Waals surface area contributed by atoms with Crippen molar-refractivity contribution >= 4 is 11.6 Å². The standard InChI is InChI=1S/C13H20F2N4O/c1-3-16-12-10(14)6-11(15)13(18-12)17-7-9-8-19(2)4-5-20-9/h6,9H,3-5,7-8H2,1-2H3,(H2,16,17,18). The molecule has 2 rings (SSSR count). The lowest BCUT2D eigenvalue weighted by Crippen LogP contribution is -2.43. The first-order chi connectivity index (χ1) is 9.60. The summed E-state index contributed by atoms with van der Waals surface area (Å²) >= 11 is 0. The monoisotopic (exact) mass is 286 g/mol. The zero-order valence-electron chi connectivity index (χ0n) is 11.7. The highest BCUT2D eigenvalue weighted by atomic mass is 19.1. The molecule has 0 saturated carbocycles. The summed E-state index contributed by atoms with van der Waals surface area (Å²) in [7, 11) is 2.01. The molecule has 0 amide bonds. The van der Waals surface area contributed by atoms with Crippen LogP contribution >= 0.6 is 0 Å². The average molecular weight is 286 g/mol. The number of nitrogens with zero attached hydrogens (tertiary/aromatic N) is 2. The van der Waals surface area contributed by atoms with Gasteiger partial charge in [0.2, 0.25) is 0 Å². The summed E-state index contributed by atoms with van der Waals surface area (Å²) in [5, 5.41) is 5.64. The highest BCUT2D eigenvalue weighted by molar-refractivity contribution is 5.47. The van der Waals surface area contributed by atoms with E-state index < -0.39 is 11.6 Å². The van der Waals surface area contributed by atoms with Crippen molar-refractivity contribution in [3.05, 3.63) is 17.7 Å².